The molecular weight excluding hydrogens is 318 g/mol. The molecule has 0 saturated heterocycles. The van der Waals surface area contributed by atoms with E-state index in [2.05, 4.69) is 32.3 Å². The molecule has 0 unspecified atom stereocenters. The Morgan fingerprint density at radius 3 is 3.15 bits per heavy atom. The fourth-order valence-electron chi connectivity index (χ4n) is 2.53. The summed E-state index contributed by atoms with van der Waals surface area (Å²) in [4.78, 5) is 4.21. The van der Waals surface area contributed by atoms with Crippen molar-refractivity contribution in [3.05, 3.63) is 34.2 Å². The lowest BCUT2D eigenvalue weighted by atomic mass is 10.0. The van der Waals surface area contributed by atoms with Crippen molar-refractivity contribution in [3.63, 3.8) is 0 Å². The van der Waals surface area contributed by atoms with E-state index in [0.717, 1.165) is 35.2 Å². The summed E-state index contributed by atoms with van der Waals surface area (Å²) in [5, 5.41) is 16.9. The number of nitrogens with one attached hydrogen (secondary N) is 1. The summed E-state index contributed by atoms with van der Waals surface area (Å²) in [6.45, 7) is 2.44. The number of hydrogen-bond donors (Lipinski definition) is 1. The number of nitriles is 1. The minimum Gasteiger partial charge on any atom is -0.312 e. The predicted octanol–water partition coefficient (Wildman–Crippen LogP) is 2.27. The Labute approximate surface area is 125 Å². The molecule has 0 atom stereocenters. The molecule has 2 aromatic rings. The Bertz CT molecular complexity index is 671. The van der Waals surface area contributed by atoms with E-state index in [-0.39, 0.29) is 0 Å². The molecule has 20 heavy (non-hydrogen) atoms. The highest BCUT2D eigenvalue weighted by Gasteiger charge is 2.21. The van der Waals surface area contributed by atoms with E-state index in [1.807, 2.05) is 16.9 Å². The van der Waals surface area contributed by atoms with E-state index in [1.165, 1.54) is 11.3 Å². The zero-order valence-electron chi connectivity index (χ0n) is 10.9. The quantitative estimate of drug-likeness (QED) is 0.936. The average Bonchev–Trinajstić information content (AvgIpc) is 2.84. The summed E-state index contributed by atoms with van der Waals surface area (Å²) in [6, 6.07) is 4.21. The maximum Gasteiger partial charge on any atom is 0.0986 e. The molecule has 2 aromatic heterocycles. The molecule has 5 nitrogen and oxygen atoms in total. The highest BCUT2D eigenvalue weighted by atomic mass is 79.9. The molecule has 3 rings (SSSR count). The lowest BCUT2D eigenvalue weighted by Crippen LogP contribution is -2.25. The molecule has 3 heterocycles. The van der Waals surface area contributed by atoms with Crippen molar-refractivity contribution in [1.29, 1.82) is 5.26 Å². The maximum atomic E-state index is 8.77. The minimum atomic E-state index is 0.484. The van der Waals surface area contributed by atoms with Crippen molar-refractivity contribution < 1.29 is 0 Å². The first kappa shape index (κ1) is 13.3. The molecule has 0 saturated carbocycles. The third-order valence-electron chi connectivity index (χ3n) is 3.42. The van der Waals surface area contributed by atoms with Crippen molar-refractivity contribution in [2.45, 2.75) is 25.9 Å². The summed E-state index contributed by atoms with van der Waals surface area (Å²) in [7, 11) is 0. The Balaban J connectivity index is 2.07. The van der Waals surface area contributed by atoms with Crippen LogP contribution < -0.4 is 5.32 Å². The van der Waals surface area contributed by atoms with E-state index >= 15 is 0 Å². The van der Waals surface area contributed by atoms with Crippen molar-refractivity contribution in [2.75, 3.05) is 6.54 Å². The summed E-state index contributed by atoms with van der Waals surface area (Å²) in [6.07, 6.45) is 5.03. The number of halogens is 1. The van der Waals surface area contributed by atoms with Gasteiger partial charge in [0.05, 0.1) is 24.7 Å². The van der Waals surface area contributed by atoms with Crippen LogP contribution in [0, 0.1) is 11.3 Å². The largest absolute Gasteiger partial charge is 0.312 e. The zero-order valence-corrected chi connectivity index (χ0v) is 12.5. The van der Waals surface area contributed by atoms with Gasteiger partial charge in [0.25, 0.3) is 0 Å². The van der Waals surface area contributed by atoms with Crippen LogP contribution in [-0.2, 0) is 19.5 Å². The molecule has 0 amide bonds. The molecule has 0 radical (unpaired) electrons. The lowest BCUT2D eigenvalue weighted by molar-refractivity contribution is 0.557. The van der Waals surface area contributed by atoms with Crippen LogP contribution in [0.15, 0.2) is 22.9 Å². The summed E-state index contributed by atoms with van der Waals surface area (Å²) in [5.41, 5.74) is 4.46. The van der Waals surface area contributed by atoms with Gasteiger partial charge in [-0.25, -0.2) is 0 Å². The van der Waals surface area contributed by atoms with Gasteiger partial charge >= 0.3 is 0 Å². The Morgan fingerprint density at radius 1 is 1.45 bits per heavy atom. The fourth-order valence-corrected chi connectivity index (χ4v) is 2.90. The molecule has 1 aliphatic heterocycles. The second-order valence-electron chi connectivity index (χ2n) is 4.72. The smallest absolute Gasteiger partial charge is 0.0986 e. The van der Waals surface area contributed by atoms with Gasteiger partial charge in [-0.3, -0.25) is 9.67 Å². The van der Waals surface area contributed by atoms with Gasteiger partial charge in [-0.2, -0.15) is 10.4 Å². The van der Waals surface area contributed by atoms with Gasteiger partial charge in [-0.1, -0.05) is 0 Å². The van der Waals surface area contributed by atoms with Crippen LogP contribution in [0.5, 0.6) is 0 Å². The number of fused-ring (bicyclic) bond motifs is 1. The molecule has 0 fully saturated rings. The van der Waals surface area contributed by atoms with Crippen LogP contribution in [0.2, 0.25) is 0 Å². The van der Waals surface area contributed by atoms with Gasteiger partial charge in [-0.15, -0.1) is 0 Å². The van der Waals surface area contributed by atoms with Crippen LogP contribution in [-0.4, -0.2) is 21.3 Å². The molecule has 1 N–H and O–H groups in total. The first-order valence-corrected chi connectivity index (χ1v) is 7.36. The molecule has 0 spiro atoms. The van der Waals surface area contributed by atoms with Crippen molar-refractivity contribution >= 4 is 15.9 Å². The van der Waals surface area contributed by atoms with Gasteiger partial charge in [0.1, 0.15) is 0 Å². The highest BCUT2D eigenvalue weighted by Crippen LogP contribution is 2.28. The number of aromatic nitrogens is 3. The number of rotatable bonds is 3. The second-order valence-corrected chi connectivity index (χ2v) is 5.64. The van der Waals surface area contributed by atoms with Crippen LogP contribution in [0.25, 0.3) is 11.3 Å². The number of nitrogens with zero attached hydrogens (tertiary/aromatic N) is 4. The zero-order chi connectivity index (χ0) is 13.9. The minimum absolute atomic E-state index is 0.484. The van der Waals surface area contributed by atoms with Crippen LogP contribution in [0.1, 0.15) is 17.7 Å². The molecule has 6 heteroatoms. The van der Waals surface area contributed by atoms with E-state index in [1.54, 1.807) is 6.20 Å². The van der Waals surface area contributed by atoms with Gasteiger partial charge in [-0.05, 0) is 22.0 Å². The molecule has 1 aliphatic rings. The maximum absolute atomic E-state index is 8.77. The average molecular weight is 332 g/mol. The third-order valence-corrected chi connectivity index (χ3v) is 3.85. The highest BCUT2D eigenvalue weighted by molar-refractivity contribution is 9.10. The molecule has 102 valence electrons. The van der Waals surface area contributed by atoms with Crippen molar-refractivity contribution in [2.24, 2.45) is 0 Å². The summed E-state index contributed by atoms with van der Waals surface area (Å²) >= 11 is 3.45. The van der Waals surface area contributed by atoms with Crippen molar-refractivity contribution in [3.8, 4) is 17.3 Å². The number of aryl methyl sites for hydroxylation is 1. The van der Waals surface area contributed by atoms with Crippen LogP contribution >= 0.6 is 15.9 Å². The third kappa shape index (κ3) is 2.47. The molecule has 0 bridgehead atoms. The Kier molecular flexibility index (Phi) is 3.81. The normalized spacial score (nSPS) is 13.8. The van der Waals surface area contributed by atoms with E-state index in [9.17, 15) is 0 Å². The standard InChI is InChI=1S/C14H14BrN5/c15-11-6-10(7-18-8-11)14-12-9-17-4-2-13(12)20(19-14)5-1-3-16/h6-8,17H,1-2,4-5,9H2. The number of pyridine rings is 1. The monoisotopic (exact) mass is 331 g/mol. The van der Waals surface area contributed by atoms with Crippen LogP contribution in [0.3, 0.4) is 0 Å². The van der Waals surface area contributed by atoms with E-state index < -0.39 is 0 Å². The number of hydrogen-bond acceptors (Lipinski definition) is 4. The SMILES string of the molecule is N#CCCn1nc(-c2cncc(Br)c2)c2c1CCNC2. The predicted molar refractivity (Wildman–Crippen MR) is 78.8 cm³/mol. The van der Waals surface area contributed by atoms with E-state index in [0.29, 0.717) is 13.0 Å². The molecular formula is C14H14BrN5. The second kappa shape index (κ2) is 5.73. The van der Waals surface area contributed by atoms with Crippen molar-refractivity contribution in [1.82, 2.24) is 20.1 Å². The summed E-state index contributed by atoms with van der Waals surface area (Å²) < 4.78 is 2.93. The van der Waals surface area contributed by atoms with Gasteiger partial charge in [0.2, 0.25) is 0 Å². The first-order chi connectivity index (χ1) is 9.79. The first-order valence-electron chi connectivity index (χ1n) is 6.56. The lowest BCUT2D eigenvalue weighted by Gasteiger charge is -2.15. The summed E-state index contributed by atoms with van der Waals surface area (Å²) in [5.74, 6) is 0. The topological polar surface area (TPSA) is 66.5 Å². The van der Waals surface area contributed by atoms with Gasteiger partial charge < -0.3 is 5.32 Å². The fraction of sp³-hybridized carbons (Fsp3) is 0.357. The van der Waals surface area contributed by atoms with Gasteiger partial charge in [0, 0.05) is 53.2 Å². The van der Waals surface area contributed by atoms with Gasteiger partial charge in [0.15, 0.2) is 0 Å². The van der Waals surface area contributed by atoms with Crippen LogP contribution in [0.4, 0.5) is 0 Å². The molecule has 0 aromatic carbocycles. The molecule has 0 aliphatic carbocycles. The Hall–Kier alpha value is -1.71. The Morgan fingerprint density at radius 2 is 2.35 bits per heavy atom. The van der Waals surface area contributed by atoms with E-state index in [4.69, 9.17) is 10.4 Å².